The molecule has 20 heavy (non-hydrogen) atoms. The minimum atomic E-state index is -3.87. The Balaban J connectivity index is 3.46. The monoisotopic (exact) mass is 301 g/mol. The highest BCUT2D eigenvalue weighted by molar-refractivity contribution is 7.89. The van der Waals surface area contributed by atoms with Crippen LogP contribution in [0.1, 0.15) is 20.8 Å². The van der Waals surface area contributed by atoms with Crippen LogP contribution in [-0.2, 0) is 10.0 Å². The van der Waals surface area contributed by atoms with E-state index in [0.717, 1.165) is 0 Å². The largest absolute Gasteiger partial charge is 0.385 e. The summed E-state index contributed by atoms with van der Waals surface area (Å²) in [6, 6.07) is 4.03. The van der Waals surface area contributed by atoms with Crippen LogP contribution in [0.2, 0.25) is 0 Å². The van der Waals surface area contributed by atoms with Gasteiger partial charge in [-0.1, -0.05) is 13.8 Å². The fourth-order valence-electron chi connectivity index (χ4n) is 1.89. The van der Waals surface area contributed by atoms with Crippen molar-refractivity contribution >= 4 is 21.4 Å². The number of sulfonamides is 1. The van der Waals surface area contributed by atoms with Gasteiger partial charge in [-0.25, -0.2) is 8.42 Å². The summed E-state index contributed by atoms with van der Waals surface area (Å²) in [4.78, 5) is 10.1. The fourth-order valence-corrected chi connectivity index (χ4v) is 3.53. The van der Waals surface area contributed by atoms with Crippen LogP contribution in [0, 0.1) is 10.1 Å². The van der Waals surface area contributed by atoms with E-state index in [4.69, 9.17) is 0 Å². The standard InChI is InChI=1S/C12H19N3O4S/c1-4-13-10-7-8-11(15(16)17)12(9-10)20(18,19)14(5-2)6-3/h7-9,13H,4-6H2,1-3H3. The first-order chi connectivity index (χ1) is 9.38. The fraction of sp³-hybridized carbons (Fsp3) is 0.500. The predicted octanol–water partition coefficient (Wildman–Crippen LogP) is 2.06. The lowest BCUT2D eigenvalue weighted by Gasteiger charge is -2.18. The molecule has 0 saturated carbocycles. The van der Waals surface area contributed by atoms with Crippen LogP contribution in [0.3, 0.4) is 0 Å². The summed E-state index contributed by atoms with van der Waals surface area (Å²) in [5, 5.41) is 14.0. The number of hydrogen-bond acceptors (Lipinski definition) is 5. The molecule has 0 heterocycles. The van der Waals surface area contributed by atoms with E-state index >= 15 is 0 Å². The van der Waals surface area contributed by atoms with Crippen molar-refractivity contribution in [1.29, 1.82) is 0 Å². The lowest BCUT2D eigenvalue weighted by molar-refractivity contribution is -0.387. The molecule has 0 unspecified atom stereocenters. The molecule has 1 N–H and O–H groups in total. The smallest absolute Gasteiger partial charge is 0.289 e. The summed E-state index contributed by atoms with van der Waals surface area (Å²) in [5.74, 6) is 0. The van der Waals surface area contributed by atoms with E-state index in [2.05, 4.69) is 5.32 Å². The Bertz CT molecular complexity index is 582. The van der Waals surface area contributed by atoms with Crippen LogP contribution < -0.4 is 5.32 Å². The second-order valence-electron chi connectivity index (χ2n) is 4.06. The van der Waals surface area contributed by atoms with Gasteiger partial charge in [0.15, 0.2) is 4.90 Å². The third kappa shape index (κ3) is 3.26. The zero-order chi connectivity index (χ0) is 15.3. The highest BCUT2D eigenvalue weighted by Crippen LogP contribution is 2.29. The van der Waals surface area contributed by atoms with Crippen LogP contribution in [0.15, 0.2) is 23.1 Å². The van der Waals surface area contributed by atoms with Gasteiger partial charge >= 0.3 is 0 Å². The molecule has 0 aromatic heterocycles. The zero-order valence-corrected chi connectivity index (χ0v) is 12.6. The van der Waals surface area contributed by atoms with E-state index in [1.165, 1.54) is 22.5 Å². The SMILES string of the molecule is CCNc1ccc([N+](=O)[O-])c(S(=O)(=O)N(CC)CC)c1. The Labute approximate surface area is 118 Å². The maximum Gasteiger partial charge on any atom is 0.289 e. The highest BCUT2D eigenvalue weighted by atomic mass is 32.2. The number of nitro groups is 1. The Morgan fingerprint density at radius 3 is 2.30 bits per heavy atom. The number of benzene rings is 1. The first kappa shape index (κ1) is 16.4. The molecule has 0 bridgehead atoms. The second kappa shape index (κ2) is 6.67. The molecule has 0 aliphatic heterocycles. The number of rotatable bonds is 7. The maximum absolute atomic E-state index is 12.5. The van der Waals surface area contributed by atoms with Gasteiger partial charge in [-0.3, -0.25) is 10.1 Å². The summed E-state index contributed by atoms with van der Waals surface area (Å²) in [5.41, 5.74) is 0.141. The van der Waals surface area contributed by atoms with E-state index in [1.54, 1.807) is 13.8 Å². The Morgan fingerprint density at radius 2 is 1.85 bits per heavy atom. The highest BCUT2D eigenvalue weighted by Gasteiger charge is 2.30. The summed E-state index contributed by atoms with van der Waals surface area (Å²) in [6.07, 6.45) is 0. The molecule has 0 atom stereocenters. The van der Waals surface area contributed by atoms with Gasteiger partial charge in [0.25, 0.3) is 5.69 Å². The Kier molecular flexibility index (Phi) is 5.46. The van der Waals surface area contributed by atoms with E-state index in [9.17, 15) is 18.5 Å². The molecule has 7 nitrogen and oxygen atoms in total. The van der Waals surface area contributed by atoms with Crippen molar-refractivity contribution in [3.63, 3.8) is 0 Å². The molecule has 0 aliphatic rings. The van der Waals surface area contributed by atoms with Gasteiger partial charge in [-0.2, -0.15) is 4.31 Å². The van der Waals surface area contributed by atoms with Gasteiger partial charge < -0.3 is 5.32 Å². The minimum Gasteiger partial charge on any atom is -0.385 e. The van der Waals surface area contributed by atoms with Gasteiger partial charge in [-0.05, 0) is 19.1 Å². The first-order valence-electron chi connectivity index (χ1n) is 6.40. The normalized spacial score (nSPS) is 11.6. The van der Waals surface area contributed by atoms with Crippen LogP contribution in [0.4, 0.5) is 11.4 Å². The van der Waals surface area contributed by atoms with Crippen LogP contribution >= 0.6 is 0 Å². The maximum atomic E-state index is 12.5. The predicted molar refractivity (Wildman–Crippen MR) is 77.4 cm³/mol. The molecule has 0 fully saturated rings. The van der Waals surface area contributed by atoms with Crippen molar-refractivity contribution < 1.29 is 13.3 Å². The van der Waals surface area contributed by atoms with E-state index in [0.29, 0.717) is 12.2 Å². The molecule has 112 valence electrons. The molecule has 1 aromatic rings. The van der Waals surface area contributed by atoms with Crippen molar-refractivity contribution in [3.05, 3.63) is 28.3 Å². The van der Waals surface area contributed by atoms with Gasteiger partial charge in [0.2, 0.25) is 10.0 Å². The lowest BCUT2D eigenvalue weighted by atomic mass is 10.3. The third-order valence-corrected chi connectivity index (χ3v) is 4.94. The number of nitro benzene ring substituents is 1. The van der Waals surface area contributed by atoms with E-state index in [1.807, 2.05) is 6.92 Å². The summed E-state index contributed by atoms with van der Waals surface area (Å²) < 4.78 is 26.1. The van der Waals surface area contributed by atoms with Crippen LogP contribution in [-0.4, -0.2) is 37.3 Å². The van der Waals surface area contributed by atoms with E-state index < -0.39 is 20.6 Å². The van der Waals surface area contributed by atoms with Crippen LogP contribution in [0.25, 0.3) is 0 Å². The van der Waals surface area contributed by atoms with Crippen molar-refractivity contribution in [2.75, 3.05) is 25.0 Å². The quantitative estimate of drug-likeness (QED) is 0.614. The van der Waals surface area contributed by atoms with Gasteiger partial charge in [0, 0.05) is 31.4 Å². The first-order valence-corrected chi connectivity index (χ1v) is 7.84. The topological polar surface area (TPSA) is 92.5 Å². The minimum absolute atomic E-state index is 0.265. The van der Waals surface area contributed by atoms with Crippen molar-refractivity contribution in [2.24, 2.45) is 0 Å². The van der Waals surface area contributed by atoms with Gasteiger partial charge in [-0.15, -0.1) is 0 Å². The van der Waals surface area contributed by atoms with Crippen LogP contribution in [0.5, 0.6) is 0 Å². The molecule has 1 aromatic carbocycles. The molecular weight excluding hydrogens is 282 g/mol. The van der Waals surface area contributed by atoms with Crippen molar-refractivity contribution in [1.82, 2.24) is 4.31 Å². The lowest BCUT2D eigenvalue weighted by Crippen LogP contribution is -2.31. The average Bonchev–Trinajstić information content (AvgIpc) is 2.39. The summed E-state index contributed by atoms with van der Waals surface area (Å²) >= 11 is 0. The molecule has 1 rings (SSSR count). The summed E-state index contributed by atoms with van der Waals surface area (Å²) in [7, 11) is -3.87. The third-order valence-electron chi connectivity index (χ3n) is 2.86. The molecular formula is C12H19N3O4S. The molecule has 0 amide bonds. The Morgan fingerprint density at radius 1 is 1.25 bits per heavy atom. The van der Waals surface area contributed by atoms with E-state index in [-0.39, 0.29) is 18.0 Å². The molecule has 8 heteroatoms. The molecule has 0 aliphatic carbocycles. The Hall–Kier alpha value is -1.67. The van der Waals surface area contributed by atoms with Crippen molar-refractivity contribution in [3.8, 4) is 0 Å². The number of anilines is 1. The molecule has 0 spiro atoms. The second-order valence-corrected chi connectivity index (χ2v) is 5.97. The number of nitrogens with zero attached hydrogens (tertiary/aromatic N) is 2. The van der Waals surface area contributed by atoms with Crippen molar-refractivity contribution in [2.45, 2.75) is 25.7 Å². The summed E-state index contributed by atoms with van der Waals surface area (Å²) in [6.45, 7) is 6.38. The number of hydrogen-bond donors (Lipinski definition) is 1. The molecule has 0 radical (unpaired) electrons. The average molecular weight is 301 g/mol. The van der Waals surface area contributed by atoms with Gasteiger partial charge in [0.1, 0.15) is 0 Å². The number of nitrogens with one attached hydrogen (secondary N) is 1. The van der Waals surface area contributed by atoms with Gasteiger partial charge in [0.05, 0.1) is 4.92 Å². The molecule has 0 saturated heterocycles. The zero-order valence-electron chi connectivity index (χ0n) is 11.8.